The number of nitro groups is 1. The van der Waals surface area contributed by atoms with Gasteiger partial charge in [-0.25, -0.2) is 4.98 Å². The van der Waals surface area contributed by atoms with Crippen LogP contribution in [0.5, 0.6) is 0 Å². The predicted octanol–water partition coefficient (Wildman–Crippen LogP) is 3.29. The molecule has 0 radical (unpaired) electrons. The van der Waals surface area contributed by atoms with E-state index in [1.165, 1.54) is 12.1 Å². The number of fused-ring (bicyclic) bond motifs is 1. The van der Waals surface area contributed by atoms with Gasteiger partial charge in [-0.2, -0.15) is 0 Å². The van der Waals surface area contributed by atoms with E-state index in [2.05, 4.69) is 15.3 Å². The van der Waals surface area contributed by atoms with Crippen molar-refractivity contribution in [2.45, 2.75) is 31.7 Å². The van der Waals surface area contributed by atoms with Crippen LogP contribution in [0.2, 0.25) is 0 Å². The summed E-state index contributed by atoms with van der Waals surface area (Å²) in [6.07, 6.45) is 0.804. The molecule has 0 fully saturated rings. The quantitative estimate of drug-likeness (QED) is 0.501. The average Bonchev–Trinajstić information content (AvgIpc) is 2.68. The second-order valence-electron chi connectivity index (χ2n) is 4.61. The third-order valence-electron chi connectivity index (χ3n) is 2.74. The second kappa shape index (κ2) is 5.44. The fourth-order valence-corrected chi connectivity index (χ4v) is 2.23. The number of nitrogens with one attached hydrogen (secondary N) is 2. The number of alkyl halides is 1. The predicted molar refractivity (Wildman–Crippen MR) is 75.8 cm³/mol. The average molecular weight is 283 g/mol. The van der Waals surface area contributed by atoms with Crippen LogP contribution < -0.4 is 5.32 Å². The van der Waals surface area contributed by atoms with Gasteiger partial charge >= 0.3 is 0 Å². The third-order valence-corrected chi connectivity index (χ3v) is 2.92. The molecule has 1 aromatic heterocycles. The van der Waals surface area contributed by atoms with E-state index in [-0.39, 0.29) is 17.1 Å². The van der Waals surface area contributed by atoms with E-state index in [1.54, 1.807) is 6.07 Å². The van der Waals surface area contributed by atoms with Crippen LogP contribution in [0, 0.1) is 10.1 Å². The number of imidazole rings is 1. The molecule has 2 atom stereocenters. The Morgan fingerprint density at radius 3 is 2.89 bits per heavy atom. The van der Waals surface area contributed by atoms with Gasteiger partial charge in [0.1, 0.15) is 0 Å². The van der Waals surface area contributed by atoms with Crippen LogP contribution in [-0.2, 0) is 0 Å². The topological polar surface area (TPSA) is 83.8 Å². The molecule has 1 heterocycles. The Kier molecular flexibility index (Phi) is 3.90. The van der Waals surface area contributed by atoms with Gasteiger partial charge in [0.25, 0.3) is 5.69 Å². The smallest absolute Gasteiger partial charge is 0.271 e. The molecule has 102 valence electrons. The number of anilines is 1. The Morgan fingerprint density at radius 2 is 2.26 bits per heavy atom. The normalized spacial score (nSPS) is 14.3. The van der Waals surface area contributed by atoms with Crippen LogP contribution in [-0.4, -0.2) is 26.3 Å². The SMILES string of the molecule is CC(Cl)CC(C)Nc1nc2ccc([N+](=O)[O-])cc2[nH]1. The zero-order valence-electron chi connectivity index (χ0n) is 10.7. The van der Waals surface area contributed by atoms with Crippen molar-refractivity contribution in [1.82, 2.24) is 9.97 Å². The molecule has 6 nitrogen and oxygen atoms in total. The van der Waals surface area contributed by atoms with E-state index in [1.807, 2.05) is 13.8 Å². The fraction of sp³-hybridized carbons (Fsp3) is 0.417. The van der Waals surface area contributed by atoms with Gasteiger partial charge in [0, 0.05) is 23.6 Å². The minimum Gasteiger partial charge on any atom is -0.353 e. The number of hydrogen-bond acceptors (Lipinski definition) is 4. The lowest BCUT2D eigenvalue weighted by Gasteiger charge is -2.13. The zero-order valence-corrected chi connectivity index (χ0v) is 11.4. The van der Waals surface area contributed by atoms with Gasteiger partial charge in [0.05, 0.1) is 16.0 Å². The summed E-state index contributed by atoms with van der Waals surface area (Å²) >= 11 is 5.93. The molecule has 0 aliphatic carbocycles. The molecule has 2 N–H and O–H groups in total. The minimum atomic E-state index is -0.425. The van der Waals surface area contributed by atoms with E-state index in [0.29, 0.717) is 17.0 Å². The molecular weight excluding hydrogens is 268 g/mol. The first-order valence-corrected chi connectivity index (χ1v) is 6.44. The Labute approximate surface area is 115 Å². The first-order valence-electron chi connectivity index (χ1n) is 6.00. The summed E-state index contributed by atoms with van der Waals surface area (Å²) in [6.45, 7) is 3.94. The monoisotopic (exact) mass is 282 g/mol. The maximum atomic E-state index is 10.7. The van der Waals surface area contributed by atoms with Gasteiger partial charge in [-0.1, -0.05) is 0 Å². The molecule has 0 spiro atoms. The van der Waals surface area contributed by atoms with Gasteiger partial charge in [-0.3, -0.25) is 10.1 Å². The van der Waals surface area contributed by atoms with Crippen molar-refractivity contribution in [1.29, 1.82) is 0 Å². The van der Waals surface area contributed by atoms with Crippen molar-refractivity contribution in [2.75, 3.05) is 5.32 Å². The Bertz CT molecular complexity index is 596. The van der Waals surface area contributed by atoms with Crippen molar-refractivity contribution >= 4 is 34.3 Å². The number of halogens is 1. The molecule has 0 saturated heterocycles. The molecule has 0 bridgehead atoms. The van der Waals surface area contributed by atoms with E-state index in [4.69, 9.17) is 11.6 Å². The molecule has 0 aliphatic rings. The summed E-state index contributed by atoms with van der Waals surface area (Å²) in [7, 11) is 0. The number of rotatable bonds is 5. The summed E-state index contributed by atoms with van der Waals surface area (Å²) < 4.78 is 0. The van der Waals surface area contributed by atoms with Crippen molar-refractivity contribution in [3.8, 4) is 0 Å². The van der Waals surface area contributed by atoms with Crippen molar-refractivity contribution in [3.63, 3.8) is 0 Å². The first-order chi connectivity index (χ1) is 8.95. The molecule has 2 unspecified atom stereocenters. The molecule has 0 amide bonds. The lowest BCUT2D eigenvalue weighted by molar-refractivity contribution is -0.384. The van der Waals surface area contributed by atoms with Gasteiger partial charge in [-0.05, 0) is 26.3 Å². The maximum absolute atomic E-state index is 10.7. The molecule has 2 aromatic rings. The Balaban J connectivity index is 2.19. The summed E-state index contributed by atoms with van der Waals surface area (Å²) in [5.41, 5.74) is 1.38. The maximum Gasteiger partial charge on any atom is 0.271 e. The van der Waals surface area contributed by atoms with Crippen LogP contribution >= 0.6 is 11.6 Å². The molecule has 1 aromatic carbocycles. The fourth-order valence-electron chi connectivity index (χ4n) is 1.96. The number of non-ortho nitro benzene ring substituents is 1. The molecule has 19 heavy (non-hydrogen) atoms. The van der Waals surface area contributed by atoms with Crippen LogP contribution in [0.15, 0.2) is 18.2 Å². The standard InChI is InChI=1S/C12H15ClN4O2/c1-7(13)5-8(2)14-12-15-10-4-3-9(17(18)19)6-11(10)16-12/h3-4,6-8H,5H2,1-2H3,(H2,14,15,16). The largest absolute Gasteiger partial charge is 0.353 e. The number of aromatic amines is 1. The van der Waals surface area contributed by atoms with Gasteiger partial charge in [0.2, 0.25) is 5.95 Å². The highest BCUT2D eigenvalue weighted by atomic mass is 35.5. The van der Waals surface area contributed by atoms with Crippen LogP contribution in [0.25, 0.3) is 11.0 Å². The molecule has 0 aliphatic heterocycles. The summed E-state index contributed by atoms with van der Waals surface area (Å²) in [5.74, 6) is 0.598. The third kappa shape index (κ3) is 3.35. The Morgan fingerprint density at radius 1 is 1.53 bits per heavy atom. The van der Waals surface area contributed by atoms with E-state index in [9.17, 15) is 10.1 Å². The summed E-state index contributed by atoms with van der Waals surface area (Å²) in [5, 5.41) is 14.0. The lowest BCUT2D eigenvalue weighted by Crippen LogP contribution is -2.19. The molecular formula is C12H15ClN4O2. The van der Waals surface area contributed by atoms with Crippen molar-refractivity contribution in [3.05, 3.63) is 28.3 Å². The number of hydrogen-bond donors (Lipinski definition) is 2. The summed E-state index contributed by atoms with van der Waals surface area (Å²) in [6, 6.07) is 4.71. The van der Waals surface area contributed by atoms with E-state index >= 15 is 0 Å². The zero-order chi connectivity index (χ0) is 14.0. The number of benzene rings is 1. The van der Waals surface area contributed by atoms with Crippen LogP contribution in [0.1, 0.15) is 20.3 Å². The highest BCUT2D eigenvalue weighted by molar-refractivity contribution is 6.20. The Hall–Kier alpha value is -1.82. The summed E-state index contributed by atoms with van der Waals surface area (Å²) in [4.78, 5) is 17.6. The van der Waals surface area contributed by atoms with Crippen molar-refractivity contribution in [2.24, 2.45) is 0 Å². The molecule has 0 saturated carbocycles. The van der Waals surface area contributed by atoms with E-state index in [0.717, 1.165) is 6.42 Å². The lowest BCUT2D eigenvalue weighted by atomic mass is 10.2. The van der Waals surface area contributed by atoms with Gasteiger partial charge in [0.15, 0.2) is 0 Å². The van der Waals surface area contributed by atoms with Gasteiger partial charge < -0.3 is 10.3 Å². The van der Waals surface area contributed by atoms with E-state index < -0.39 is 4.92 Å². The second-order valence-corrected chi connectivity index (χ2v) is 5.35. The number of aromatic nitrogens is 2. The van der Waals surface area contributed by atoms with Gasteiger partial charge in [-0.15, -0.1) is 11.6 Å². The van der Waals surface area contributed by atoms with Crippen LogP contribution in [0.3, 0.4) is 0 Å². The highest BCUT2D eigenvalue weighted by Crippen LogP contribution is 2.21. The molecule has 2 rings (SSSR count). The van der Waals surface area contributed by atoms with Crippen LogP contribution in [0.4, 0.5) is 11.6 Å². The first kappa shape index (κ1) is 13.6. The van der Waals surface area contributed by atoms with Crippen molar-refractivity contribution < 1.29 is 4.92 Å². The highest BCUT2D eigenvalue weighted by Gasteiger charge is 2.11. The molecule has 7 heteroatoms. The number of nitrogens with zero attached hydrogens (tertiary/aromatic N) is 2. The number of nitro benzene ring substituents is 1. The minimum absolute atomic E-state index is 0.0464. The number of H-pyrrole nitrogens is 1.